The number of nitrogens with zero attached hydrogens (tertiary/aromatic N) is 1. The third kappa shape index (κ3) is 3.50. The van der Waals surface area contributed by atoms with Crippen LogP contribution in [0.4, 0.5) is 14.5 Å². The molecule has 0 aromatic heterocycles. The van der Waals surface area contributed by atoms with Gasteiger partial charge in [-0.05, 0) is 43.5 Å². The molecule has 1 aromatic carbocycles. The van der Waals surface area contributed by atoms with Crippen molar-refractivity contribution in [2.45, 2.75) is 38.8 Å². The van der Waals surface area contributed by atoms with Crippen LogP contribution in [0.5, 0.6) is 0 Å². The molecule has 1 unspecified atom stereocenters. The van der Waals surface area contributed by atoms with Gasteiger partial charge in [0.15, 0.2) is 0 Å². The van der Waals surface area contributed by atoms with E-state index in [0.717, 1.165) is 19.4 Å². The summed E-state index contributed by atoms with van der Waals surface area (Å²) >= 11 is 0. The highest BCUT2D eigenvalue weighted by Gasteiger charge is 2.30. The highest BCUT2D eigenvalue weighted by molar-refractivity contribution is 5.84. The number of rotatable bonds is 5. The van der Waals surface area contributed by atoms with Crippen LogP contribution in [-0.4, -0.2) is 25.0 Å². The van der Waals surface area contributed by atoms with Crippen LogP contribution in [0.25, 0.3) is 0 Å². The van der Waals surface area contributed by atoms with Gasteiger partial charge in [-0.1, -0.05) is 6.92 Å². The van der Waals surface area contributed by atoms with Gasteiger partial charge in [-0.2, -0.15) is 0 Å². The Morgan fingerprint density at radius 2 is 2.05 bits per heavy atom. The van der Waals surface area contributed by atoms with Crippen molar-refractivity contribution in [1.29, 1.82) is 0 Å². The van der Waals surface area contributed by atoms with Gasteiger partial charge in [-0.15, -0.1) is 0 Å². The quantitative estimate of drug-likeness (QED) is 0.873. The van der Waals surface area contributed by atoms with Gasteiger partial charge in [-0.3, -0.25) is 4.79 Å². The Morgan fingerprint density at radius 3 is 2.62 bits per heavy atom. The molecule has 1 fully saturated rings. The summed E-state index contributed by atoms with van der Waals surface area (Å²) in [5, 5.41) is 3.02. The minimum Gasteiger partial charge on any atom is -0.368 e. The maximum atomic E-state index is 14.3. The summed E-state index contributed by atoms with van der Waals surface area (Å²) in [6.45, 7) is 3.49. The Hall–Kier alpha value is -1.69. The minimum atomic E-state index is -0.643. The number of nitrogens with one attached hydrogen (secondary N) is 1. The van der Waals surface area contributed by atoms with Gasteiger partial charge >= 0.3 is 0 Å². The van der Waals surface area contributed by atoms with Crippen molar-refractivity contribution in [3.8, 4) is 0 Å². The third-order valence-corrected chi connectivity index (χ3v) is 3.77. The van der Waals surface area contributed by atoms with Crippen LogP contribution in [-0.2, 0) is 11.3 Å². The summed E-state index contributed by atoms with van der Waals surface area (Å²) < 4.78 is 28.6. The highest BCUT2D eigenvalue weighted by atomic mass is 19.1. The van der Waals surface area contributed by atoms with E-state index in [4.69, 9.17) is 5.73 Å². The average molecular weight is 297 g/mol. The molecule has 2 rings (SSSR count). The van der Waals surface area contributed by atoms with Gasteiger partial charge < -0.3 is 16.0 Å². The molecule has 0 spiro atoms. The maximum absolute atomic E-state index is 14.3. The van der Waals surface area contributed by atoms with Crippen LogP contribution in [0, 0.1) is 11.6 Å². The van der Waals surface area contributed by atoms with Crippen LogP contribution < -0.4 is 16.0 Å². The Labute approximate surface area is 123 Å². The first-order chi connectivity index (χ1) is 10.0. The number of benzene rings is 1. The van der Waals surface area contributed by atoms with E-state index < -0.39 is 23.6 Å². The number of carbonyl (C=O) groups is 1. The SMILES string of the molecule is CCNCc1cc(F)c(N2CCCCC2C(N)=O)c(F)c1. The molecular weight excluding hydrogens is 276 g/mol. The molecule has 1 aromatic rings. The molecule has 3 N–H and O–H groups in total. The van der Waals surface area contributed by atoms with E-state index in [9.17, 15) is 13.6 Å². The number of amides is 1. The number of piperidine rings is 1. The summed E-state index contributed by atoms with van der Waals surface area (Å²) in [5.74, 6) is -1.82. The fraction of sp³-hybridized carbons (Fsp3) is 0.533. The van der Waals surface area contributed by atoms with Crippen molar-refractivity contribution in [2.24, 2.45) is 5.73 Å². The predicted octanol–water partition coefficient (Wildman–Crippen LogP) is 1.92. The van der Waals surface area contributed by atoms with Gasteiger partial charge in [0, 0.05) is 13.1 Å². The van der Waals surface area contributed by atoms with Crippen LogP contribution in [0.2, 0.25) is 0 Å². The van der Waals surface area contributed by atoms with Crippen molar-refractivity contribution in [2.75, 3.05) is 18.0 Å². The first-order valence-corrected chi connectivity index (χ1v) is 7.29. The number of nitrogens with two attached hydrogens (primary N) is 1. The molecule has 6 heteroatoms. The van der Waals surface area contributed by atoms with Gasteiger partial charge in [0.05, 0.1) is 0 Å². The van der Waals surface area contributed by atoms with E-state index in [2.05, 4.69) is 5.32 Å². The fourth-order valence-corrected chi connectivity index (χ4v) is 2.76. The lowest BCUT2D eigenvalue weighted by Gasteiger charge is -2.36. The van der Waals surface area contributed by atoms with E-state index in [1.165, 1.54) is 17.0 Å². The van der Waals surface area contributed by atoms with E-state index in [1.807, 2.05) is 6.92 Å². The van der Waals surface area contributed by atoms with E-state index in [1.54, 1.807) is 0 Å². The number of hydrogen-bond acceptors (Lipinski definition) is 3. The number of carbonyl (C=O) groups excluding carboxylic acids is 1. The molecule has 1 amide bonds. The van der Waals surface area contributed by atoms with Gasteiger partial charge in [0.2, 0.25) is 5.91 Å². The molecule has 1 aliphatic heterocycles. The molecule has 1 saturated heterocycles. The molecule has 0 radical (unpaired) electrons. The second kappa shape index (κ2) is 6.85. The average Bonchev–Trinajstić information content (AvgIpc) is 2.44. The number of halogens is 2. The Bertz CT molecular complexity index is 499. The van der Waals surface area contributed by atoms with Crippen molar-refractivity contribution < 1.29 is 13.6 Å². The summed E-state index contributed by atoms with van der Waals surface area (Å²) in [7, 11) is 0. The lowest BCUT2D eigenvalue weighted by molar-refractivity contribution is -0.119. The van der Waals surface area contributed by atoms with Crippen molar-refractivity contribution >= 4 is 11.6 Å². The molecule has 0 saturated carbocycles. The van der Waals surface area contributed by atoms with Crippen LogP contribution in [0.15, 0.2) is 12.1 Å². The van der Waals surface area contributed by atoms with Crippen molar-refractivity contribution in [3.63, 3.8) is 0 Å². The topological polar surface area (TPSA) is 58.4 Å². The molecule has 1 aliphatic rings. The summed E-state index contributed by atoms with van der Waals surface area (Å²) in [6, 6.07) is 1.99. The zero-order chi connectivity index (χ0) is 15.4. The Morgan fingerprint density at radius 1 is 1.38 bits per heavy atom. The maximum Gasteiger partial charge on any atom is 0.240 e. The highest BCUT2D eigenvalue weighted by Crippen LogP contribution is 2.30. The standard InChI is InChI=1S/C15H21F2N3O/c1-2-19-9-10-7-11(16)14(12(17)8-10)20-6-4-3-5-13(20)15(18)21/h7-8,13,19H,2-6,9H2,1H3,(H2,18,21). The van der Waals surface area contributed by atoms with Gasteiger partial charge in [-0.25, -0.2) is 8.78 Å². The zero-order valence-electron chi connectivity index (χ0n) is 12.2. The lowest BCUT2D eigenvalue weighted by Crippen LogP contribution is -2.48. The molecule has 0 aliphatic carbocycles. The monoisotopic (exact) mass is 297 g/mol. The second-order valence-corrected chi connectivity index (χ2v) is 5.30. The normalized spacial score (nSPS) is 18.8. The molecule has 1 heterocycles. The van der Waals surface area contributed by atoms with Gasteiger partial charge in [0.25, 0.3) is 0 Å². The summed E-state index contributed by atoms with van der Waals surface area (Å²) in [4.78, 5) is 13.0. The number of primary amides is 1. The molecule has 21 heavy (non-hydrogen) atoms. The van der Waals surface area contributed by atoms with E-state index in [0.29, 0.717) is 25.1 Å². The first kappa shape index (κ1) is 15.7. The fourth-order valence-electron chi connectivity index (χ4n) is 2.76. The minimum absolute atomic E-state index is 0.140. The second-order valence-electron chi connectivity index (χ2n) is 5.30. The molecule has 4 nitrogen and oxygen atoms in total. The van der Waals surface area contributed by atoms with Gasteiger partial charge in [0.1, 0.15) is 23.4 Å². The Kier molecular flexibility index (Phi) is 5.12. The molecule has 1 atom stereocenters. The number of hydrogen-bond donors (Lipinski definition) is 2. The zero-order valence-corrected chi connectivity index (χ0v) is 12.2. The first-order valence-electron chi connectivity index (χ1n) is 7.29. The smallest absolute Gasteiger partial charge is 0.240 e. The predicted molar refractivity (Wildman–Crippen MR) is 77.9 cm³/mol. The molecular formula is C15H21F2N3O. The number of anilines is 1. The largest absolute Gasteiger partial charge is 0.368 e. The van der Waals surface area contributed by atoms with Crippen LogP contribution in [0.1, 0.15) is 31.7 Å². The van der Waals surface area contributed by atoms with E-state index in [-0.39, 0.29) is 5.69 Å². The Balaban J connectivity index is 2.31. The van der Waals surface area contributed by atoms with Crippen molar-refractivity contribution in [1.82, 2.24) is 5.32 Å². The summed E-state index contributed by atoms with van der Waals surface area (Å²) in [5.41, 5.74) is 5.76. The molecule has 116 valence electrons. The van der Waals surface area contributed by atoms with Crippen LogP contribution in [0.3, 0.4) is 0 Å². The van der Waals surface area contributed by atoms with Crippen LogP contribution >= 0.6 is 0 Å². The van der Waals surface area contributed by atoms with Crippen molar-refractivity contribution in [3.05, 3.63) is 29.3 Å². The van der Waals surface area contributed by atoms with E-state index >= 15 is 0 Å². The lowest BCUT2D eigenvalue weighted by atomic mass is 10.00. The third-order valence-electron chi connectivity index (χ3n) is 3.77. The molecule has 0 bridgehead atoms. The summed E-state index contributed by atoms with van der Waals surface area (Å²) in [6.07, 6.45) is 2.17.